The van der Waals surface area contributed by atoms with Gasteiger partial charge >= 0.3 is 0 Å². The molecule has 0 nitrogen and oxygen atoms in total. The van der Waals surface area contributed by atoms with Crippen LogP contribution in [0.2, 0.25) is 0 Å². The highest BCUT2D eigenvalue weighted by Gasteiger charge is 2.23. The van der Waals surface area contributed by atoms with Crippen LogP contribution in [0.5, 0.6) is 0 Å². The molecule has 0 saturated heterocycles. The van der Waals surface area contributed by atoms with Crippen LogP contribution >= 0.6 is 0 Å². The van der Waals surface area contributed by atoms with E-state index in [1.165, 1.54) is 51.4 Å². The fraction of sp³-hybridized carbons (Fsp3) is 0.750. The molecule has 0 aliphatic heterocycles. The lowest BCUT2D eigenvalue weighted by Gasteiger charge is -2.13. The van der Waals surface area contributed by atoms with Gasteiger partial charge in [-0.3, -0.25) is 0 Å². The molecule has 0 bridgehead atoms. The third-order valence-corrected chi connectivity index (χ3v) is 3.70. The lowest BCUT2D eigenvalue weighted by Crippen LogP contribution is -2.03. The summed E-state index contributed by atoms with van der Waals surface area (Å²) in [6, 6.07) is 0. The molecule has 3 aliphatic rings. The van der Waals surface area contributed by atoms with Crippen LogP contribution in [0.25, 0.3) is 0 Å². The fourth-order valence-electron chi connectivity index (χ4n) is 2.79. The summed E-state index contributed by atoms with van der Waals surface area (Å²) in [4.78, 5) is 0. The van der Waals surface area contributed by atoms with Gasteiger partial charge in [-0.25, -0.2) is 0 Å². The Labute approximate surface area is 102 Å². The summed E-state index contributed by atoms with van der Waals surface area (Å²) in [6.45, 7) is 4.00. The number of hydrogen-bond acceptors (Lipinski definition) is 0. The van der Waals surface area contributed by atoms with Crippen LogP contribution in [0.15, 0.2) is 24.3 Å². The van der Waals surface area contributed by atoms with Gasteiger partial charge in [-0.2, -0.15) is 0 Å². The monoisotopic (exact) mass is 220 g/mol. The van der Waals surface area contributed by atoms with Gasteiger partial charge < -0.3 is 0 Å². The Balaban J connectivity index is 0.000000156. The maximum atomic E-state index is 2.36. The largest absolute Gasteiger partial charge is 0.0808 e. The van der Waals surface area contributed by atoms with Crippen molar-refractivity contribution >= 4 is 0 Å². The zero-order valence-electron chi connectivity index (χ0n) is 11.1. The average molecular weight is 220 g/mol. The predicted octanol–water partition coefficient (Wildman–Crippen LogP) is 5.51. The van der Waals surface area contributed by atoms with E-state index >= 15 is 0 Å². The Morgan fingerprint density at radius 1 is 0.625 bits per heavy atom. The first-order valence-corrected chi connectivity index (χ1v) is 7.32. The molecule has 16 heavy (non-hydrogen) atoms. The highest BCUT2D eigenvalue weighted by Crippen LogP contribution is 2.35. The number of hydrogen-bond donors (Lipinski definition) is 0. The second kappa shape index (κ2) is 8.61. The van der Waals surface area contributed by atoms with Crippen molar-refractivity contribution < 1.29 is 0 Å². The molecule has 0 heterocycles. The second-order valence-corrected chi connectivity index (χ2v) is 4.80. The van der Waals surface area contributed by atoms with Gasteiger partial charge in [0.05, 0.1) is 0 Å². The molecule has 3 aliphatic carbocycles. The molecule has 3 rings (SSSR count). The molecule has 0 radical (unpaired) electrons. The maximum Gasteiger partial charge on any atom is -0.0167 e. The third kappa shape index (κ3) is 4.55. The van der Waals surface area contributed by atoms with Crippen LogP contribution in [0.3, 0.4) is 0 Å². The second-order valence-electron chi connectivity index (χ2n) is 4.80. The van der Waals surface area contributed by atoms with Crippen molar-refractivity contribution in [3.63, 3.8) is 0 Å². The predicted molar refractivity (Wildman–Crippen MR) is 73.5 cm³/mol. The fourth-order valence-corrected chi connectivity index (χ4v) is 2.79. The van der Waals surface area contributed by atoms with Gasteiger partial charge in [0.1, 0.15) is 0 Å². The van der Waals surface area contributed by atoms with E-state index in [1.807, 2.05) is 13.8 Å². The number of rotatable bonds is 0. The highest BCUT2D eigenvalue weighted by molar-refractivity contribution is 5.15. The van der Waals surface area contributed by atoms with E-state index in [1.54, 1.807) is 0 Å². The van der Waals surface area contributed by atoms with E-state index in [2.05, 4.69) is 24.3 Å². The molecular formula is C16H28. The van der Waals surface area contributed by atoms with Crippen LogP contribution in [-0.4, -0.2) is 0 Å². The van der Waals surface area contributed by atoms with Gasteiger partial charge in [-0.1, -0.05) is 76.7 Å². The third-order valence-electron chi connectivity index (χ3n) is 3.70. The van der Waals surface area contributed by atoms with Crippen LogP contribution in [0.4, 0.5) is 0 Å². The minimum absolute atomic E-state index is 0.898. The lowest BCUT2D eigenvalue weighted by molar-refractivity contribution is 0.552. The minimum Gasteiger partial charge on any atom is -0.0808 e. The van der Waals surface area contributed by atoms with Gasteiger partial charge in [0.15, 0.2) is 0 Å². The van der Waals surface area contributed by atoms with E-state index in [0.717, 1.165) is 11.8 Å². The van der Waals surface area contributed by atoms with Crippen molar-refractivity contribution in [2.75, 3.05) is 0 Å². The lowest BCUT2D eigenvalue weighted by atomic mass is 9.92. The first-order valence-electron chi connectivity index (χ1n) is 7.32. The van der Waals surface area contributed by atoms with Crippen LogP contribution in [-0.2, 0) is 0 Å². The summed E-state index contributed by atoms with van der Waals surface area (Å²) in [7, 11) is 0. The Bertz CT molecular complexity index is 182. The Kier molecular flexibility index (Phi) is 7.29. The van der Waals surface area contributed by atoms with E-state index in [-0.39, 0.29) is 0 Å². The molecule has 2 unspecified atom stereocenters. The topological polar surface area (TPSA) is 0 Å². The van der Waals surface area contributed by atoms with E-state index in [4.69, 9.17) is 0 Å². The molecule has 0 heteroatoms. The SMILES string of the molecule is C1=CC2CCCC2C=C1.C1CCCC1.CC. The smallest absolute Gasteiger partial charge is 0.0167 e. The van der Waals surface area contributed by atoms with Crippen molar-refractivity contribution in [2.24, 2.45) is 11.8 Å². The van der Waals surface area contributed by atoms with Gasteiger partial charge in [-0.15, -0.1) is 0 Å². The standard InChI is InChI=1S/C9H12.C5H10.C2H6/c1-2-5-9-7-3-6-8(9)4-1;1-2-4-5-3-1;1-2/h1-2,4-5,8-9H,3,6-7H2;1-5H2;1-2H3. The molecule has 2 saturated carbocycles. The van der Waals surface area contributed by atoms with E-state index in [9.17, 15) is 0 Å². The molecule has 0 aromatic heterocycles. The zero-order chi connectivity index (χ0) is 11.6. The molecule has 2 fully saturated rings. The normalized spacial score (nSPS) is 29.9. The molecular weight excluding hydrogens is 192 g/mol. The van der Waals surface area contributed by atoms with Crippen molar-refractivity contribution in [3.8, 4) is 0 Å². The quantitative estimate of drug-likeness (QED) is 0.505. The first kappa shape index (κ1) is 13.5. The minimum atomic E-state index is 0.898. The van der Waals surface area contributed by atoms with Gasteiger partial charge in [0.25, 0.3) is 0 Å². The number of fused-ring (bicyclic) bond motifs is 1. The molecule has 2 atom stereocenters. The average Bonchev–Trinajstić information content (AvgIpc) is 3.06. The summed E-state index contributed by atoms with van der Waals surface area (Å²) < 4.78 is 0. The maximum absolute atomic E-state index is 2.36. The molecule has 0 amide bonds. The van der Waals surface area contributed by atoms with Crippen molar-refractivity contribution in [3.05, 3.63) is 24.3 Å². The molecule has 0 aromatic rings. The molecule has 0 spiro atoms. The van der Waals surface area contributed by atoms with Gasteiger partial charge in [0, 0.05) is 0 Å². The molecule has 92 valence electrons. The summed E-state index contributed by atoms with van der Waals surface area (Å²) in [5.74, 6) is 1.80. The molecule has 0 N–H and O–H groups in total. The Morgan fingerprint density at radius 3 is 1.38 bits per heavy atom. The summed E-state index contributed by atoms with van der Waals surface area (Å²) in [5.41, 5.74) is 0. The Hall–Kier alpha value is -0.520. The molecule has 0 aromatic carbocycles. The van der Waals surface area contributed by atoms with Crippen LogP contribution in [0.1, 0.15) is 65.2 Å². The Morgan fingerprint density at radius 2 is 1.00 bits per heavy atom. The van der Waals surface area contributed by atoms with Crippen LogP contribution in [0, 0.1) is 11.8 Å². The van der Waals surface area contributed by atoms with E-state index < -0.39 is 0 Å². The summed E-state index contributed by atoms with van der Waals surface area (Å²) in [6.07, 6.45) is 20.9. The van der Waals surface area contributed by atoms with Crippen molar-refractivity contribution in [1.29, 1.82) is 0 Å². The number of allylic oxidation sites excluding steroid dienone is 4. The van der Waals surface area contributed by atoms with Gasteiger partial charge in [-0.05, 0) is 24.7 Å². The zero-order valence-corrected chi connectivity index (χ0v) is 11.1. The van der Waals surface area contributed by atoms with Crippen LogP contribution < -0.4 is 0 Å². The summed E-state index contributed by atoms with van der Waals surface area (Å²) in [5, 5.41) is 0. The van der Waals surface area contributed by atoms with E-state index in [0.29, 0.717) is 0 Å². The highest BCUT2D eigenvalue weighted by atomic mass is 14.3. The van der Waals surface area contributed by atoms with Crippen molar-refractivity contribution in [1.82, 2.24) is 0 Å². The summed E-state index contributed by atoms with van der Waals surface area (Å²) >= 11 is 0. The first-order chi connectivity index (χ1) is 7.97. The van der Waals surface area contributed by atoms with Crippen molar-refractivity contribution in [2.45, 2.75) is 65.2 Å². The van der Waals surface area contributed by atoms with Gasteiger partial charge in [0.2, 0.25) is 0 Å².